The van der Waals surface area contributed by atoms with Crippen molar-refractivity contribution in [3.63, 3.8) is 0 Å². The minimum absolute atomic E-state index is 0.163. The Hall–Kier alpha value is -1.71. The van der Waals surface area contributed by atoms with E-state index in [9.17, 15) is 8.42 Å². The molecule has 0 spiro atoms. The van der Waals surface area contributed by atoms with Gasteiger partial charge in [0, 0.05) is 52.3 Å². The maximum absolute atomic E-state index is 12.2. The van der Waals surface area contributed by atoms with Gasteiger partial charge in [-0.2, -0.15) is 0 Å². The fraction of sp³-hybridized carbons (Fsp3) is 0.667. The number of hydrogen-bond donors (Lipinski definition) is 3. The van der Waals surface area contributed by atoms with E-state index in [2.05, 4.69) is 20.3 Å². The molecule has 1 fully saturated rings. The second-order valence-electron chi connectivity index (χ2n) is 6.80. The lowest BCUT2D eigenvalue weighted by Crippen LogP contribution is -2.43. The number of sulfonamides is 1. The van der Waals surface area contributed by atoms with Crippen molar-refractivity contribution in [2.45, 2.75) is 37.5 Å². The van der Waals surface area contributed by atoms with Gasteiger partial charge in [0.1, 0.15) is 4.90 Å². The van der Waals surface area contributed by atoms with E-state index in [-0.39, 0.29) is 16.9 Å². The Morgan fingerprint density at radius 3 is 2.74 bits per heavy atom. The molecule has 1 saturated carbocycles. The molecule has 0 saturated heterocycles. The molecule has 152 valence electrons. The summed E-state index contributed by atoms with van der Waals surface area (Å²) in [5, 5.41) is 6.40. The predicted molar refractivity (Wildman–Crippen MR) is 106 cm³/mol. The maximum atomic E-state index is 12.2. The van der Waals surface area contributed by atoms with Crippen molar-refractivity contribution in [2.75, 3.05) is 39.9 Å². The first kappa shape index (κ1) is 21.6. The van der Waals surface area contributed by atoms with Crippen molar-refractivity contribution >= 4 is 16.0 Å². The van der Waals surface area contributed by atoms with Crippen LogP contribution in [-0.4, -0.2) is 59.3 Å². The lowest BCUT2D eigenvalue weighted by molar-refractivity contribution is 0.0778. The van der Waals surface area contributed by atoms with Crippen LogP contribution in [0, 0.1) is 5.41 Å². The molecule has 1 aliphatic rings. The first-order chi connectivity index (χ1) is 13.0. The molecule has 1 aromatic rings. The van der Waals surface area contributed by atoms with Crippen molar-refractivity contribution in [1.82, 2.24) is 20.3 Å². The highest BCUT2D eigenvalue weighted by atomic mass is 32.2. The van der Waals surface area contributed by atoms with Crippen LogP contribution in [0.25, 0.3) is 0 Å². The quantitative estimate of drug-likeness (QED) is 0.294. The molecule has 0 unspecified atom stereocenters. The normalized spacial score (nSPS) is 16.6. The largest absolute Gasteiger partial charge is 0.385 e. The molecule has 0 amide bonds. The summed E-state index contributed by atoms with van der Waals surface area (Å²) in [6.07, 6.45) is 7.52. The second kappa shape index (κ2) is 10.6. The van der Waals surface area contributed by atoms with Crippen LogP contribution in [0.3, 0.4) is 0 Å². The molecule has 1 aliphatic carbocycles. The summed E-state index contributed by atoms with van der Waals surface area (Å²) in [7, 11) is -1.81. The Kier molecular flexibility index (Phi) is 8.46. The summed E-state index contributed by atoms with van der Waals surface area (Å²) in [6.45, 7) is 4.97. The van der Waals surface area contributed by atoms with Gasteiger partial charge in [0.2, 0.25) is 10.0 Å². The first-order valence-corrected chi connectivity index (χ1v) is 10.9. The molecule has 27 heavy (non-hydrogen) atoms. The number of pyridine rings is 1. The molecule has 2 rings (SSSR count). The Balaban J connectivity index is 1.82. The van der Waals surface area contributed by atoms with Crippen molar-refractivity contribution in [1.29, 1.82) is 0 Å². The van der Waals surface area contributed by atoms with Crippen LogP contribution in [-0.2, 0) is 14.8 Å². The third-order valence-corrected chi connectivity index (χ3v) is 6.27. The number of hydrogen-bond acceptors (Lipinski definition) is 5. The predicted octanol–water partition coefficient (Wildman–Crippen LogP) is 1.12. The van der Waals surface area contributed by atoms with Crippen molar-refractivity contribution in [2.24, 2.45) is 10.4 Å². The summed E-state index contributed by atoms with van der Waals surface area (Å²) in [4.78, 5) is 8.71. The molecule has 9 heteroatoms. The Morgan fingerprint density at radius 1 is 1.33 bits per heavy atom. The van der Waals surface area contributed by atoms with Gasteiger partial charge in [0.25, 0.3) is 0 Å². The van der Waals surface area contributed by atoms with Crippen LogP contribution in [0.15, 0.2) is 34.4 Å². The van der Waals surface area contributed by atoms with E-state index in [1.165, 1.54) is 31.5 Å². The van der Waals surface area contributed by atoms with Crippen molar-refractivity contribution in [3.8, 4) is 0 Å². The molecule has 0 bridgehead atoms. The third kappa shape index (κ3) is 6.75. The summed E-state index contributed by atoms with van der Waals surface area (Å²) in [5.41, 5.74) is 0.250. The van der Waals surface area contributed by atoms with Gasteiger partial charge in [-0.15, -0.1) is 0 Å². The Labute approximate surface area is 162 Å². The van der Waals surface area contributed by atoms with E-state index in [1.54, 1.807) is 19.4 Å². The maximum Gasteiger partial charge on any atom is 0.242 e. The lowest BCUT2D eigenvalue weighted by atomic mass is 9.67. The molecule has 3 N–H and O–H groups in total. The first-order valence-electron chi connectivity index (χ1n) is 9.42. The van der Waals surface area contributed by atoms with Gasteiger partial charge >= 0.3 is 0 Å². The molecule has 0 radical (unpaired) electrons. The number of methoxy groups -OCH3 is 1. The zero-order chi connectivity index (χ0) is 19.6. The number of aliphatic imine (C=N–C) groups is 1. The standard InChI is InChI=1S/C18H31N5O3S/c1-3-20-17(22-15-18(7-5-8-18)9-13-26-2)21-11-12-23-27(24,25)16-6-4-10-19-14-16/h4,6,10,14,23H,3,5,7-9,11-13,15H2,1-2H3,(H2,20,21,22). The van der Waals surface area contributed by atoms with E-state index in [0.29, 0.717) is 12.5 Å². The number of aromatic nitrogens is 1. The van der Waals surface area contributed by atoms with E-state index in [4.69, 9.17) is 9.73 Å². The molecule has 8 nitrogen and oxygen atoms in total. The second-order valence-corrected chi connectivity index (χ2v) is 8.57. The molecule has 0 aromatic carbocycles. The van der Waals surface area contributed by atoms with Crippen LogP contribution < -0.4 is 15.4 Å². The van der Waals surface area contributed by atoms with Gasteiger partial charge in [0.15, 0.2) is 5.96 Å². The van der Waals surface area contributed by atoms with Gasteiger partial charge in [-0.05, 0) is 43.7 Å². The van der Waals surface area contributed by atoms with E-state index >= 15 is 0 Å². The minimum Gasteiger partial charge on any atom is -0.385 e. The molecule has 1 heterocycles. The highest BCUT2D eigenvalue weighted by molar-refractivity contribution is 7.89. The number of guanidine groups is 1. The summed E-state index contributed by atoms with van der Waals surface area (Å²) in [6, 6.07) is 3.12. The average Bonchev–Trinajstić information content (AvgIpc) is 2.64. The lowest BCUT2D eigenvalue weighted by Gasteiger charge is -2.40. The SMILES string of the molecule is CCNC(=NCC1(CCOC)CCC1)NCCNS(=O)(=O)c1cccnc1. The zero-order valence-electron chi connectivity index (χ0n) is 16.2. The highest BCUT2D eigenvalue weighted by Gasteiger charge is 2.36. The molecule has 1 aromatic heterocycles. The minimum atomic E-state index is -3.54. The Bertz CT molecular complexity index is 690. The zero-order valence-corrected chi connectivity index (χ0v) is 17.0. The van der Waals surface area contributed by atoms with Gasteiger partial charge < -0.3 is 15.4 Å². The number of nitrogens with zero attached hydrogens (tertiary/aromatic N) is 2. The summed E-state index contributed by atoms with van der Waals surface area (Å²) < 4.78 is 32.1. The molecule has 0 atom stereocenters. The van der Waals surface area contributed by atoms with Gasteiger partial charge in [0.05, 0.1) is 0 Å². The highest BCUT2D eigenvalue weighted by Crippen LogP contribution is 2.44. The number of rotatable bonds is 11. The molecule has 0 aliphatic heterocycles. The average molecular weight is 398 g/mol. The van der Waals surface area contributed by atoms with Crippen molar-refractivity contribution < 1.29 is 13.2 Å². The van der Waals surface area contributed by atoms with Crippen molar-refractivity contribution in [3.05, 3.63) is 24.5 Å². The van der Waals surface area contributed by atoms with Crippen LogP contribution in [0.2, 0.25) is 0 Å². The van der Waals surface area contributed by atoms with Crippen LogP contribution in [0.5, 0.6) is 0 Å². The smallest absolute Gasteiger partial charge is 0.242 e. The molecular formula is C18H31N5O3S. The van der Waals surface area contributed by atoms with E-state index < -0.39 is 10.0 Å². The van der Waals surface area contributed by atoms with Gasteiger partial charge in [-0.1, -0.05) is 6.42 Å². The fourth-order valence-corrected chi connectivity index (χ4v) is 4.02. The molecular weight excluding hydrogens is 366 g/mol. The third-order valence-electron chi connectivity index (χ3n) is 4.82. The number of ether oxygens (including phenoxy) is 1. The summed E-state index contributed by atoms with van der Waals surface area (Å²) >= 11 is 0. The van der Waals surface area contributed by atoms with Gasteiger partial charge in [-0.25, -0.2) is 13.1 Å². The van der Waals surface area contributed by atoms with Crippen LogP contribution >= 0.6 is 0 Å². The monoisotopic (exact) mass is 397 g/mol. The summed E-state index contributed by atoms with van der Waals surface area (Å²) in [5.74, 6) is 0.710. The van der Waals surface area contributed by atoms with E-state index in [0.717, 1.165) is 26.1 Å². The number of nitrogens with one attached hydrogen (secondary N) is 3. The topological polar surface area (TPSA) is 105 Å². The van der Waals surface area contributed by atoms with Crippen LogP contribution in [0.1, 0.15) is 32.6 Å². The van der Waals surface area contributed by atoms with Gasteiger partial charge in [-0.3, -0.25) is 9.98 Å². The van der Waals surface area contributed by atoms with Crippen LogP contribution in [0.4, 0.5) is 0 Å². The van der Waals surface area contributed by atoms with E-state index in [1.807, 2.05) is 6.92 Å². The Morgan fingerprint density at radius 2 is 2.15 bits per heavy atom. The fourth-order valence-electron chi connectivity index (χ4n) is 3.03.